The molecule has 4 heteroatoms. The van der Waals surface area contributed by atoms with Crippen LogP contribution in [0.1, 0.15) is 51.7 Å². The SMILES string of the molecule is Cc1cc2c(c(C)c1C(O)CO)C(=O)C(C)C2O. The minimum absolute atomic E-state index is 0.0959. The molecule has 1 aliphatic rings. The number of hydrogen-bond acceptors (Lipinski definition) is 4. The van der Waals surface area contributed by atoms with Crippen molar-refractivity contribution < 1.29 is 20.1 Å². The van der Waals surface area contributed by atoms with Crippen molar-refractivity contribution in [3.63, 3.8) is 0 Å². The summed E-state index contributed by atoms with van der Waals surface area (Å²) in [5.41, 5.74) is 3.18. The molecule has 3 unspecified atom stereocenters. The molecule has 0 spiro atoms. The van der Waals surface area contributed by atoms with Crippen LogP contribution in [0.5, 0.6) is 0 Å². The first-order valence-corrected chi connectivity index (χ1v) is 6.05. The van der Waals surface area contributed by atoms with Crippen molar-refractivity contribution in [3.05, 3.63) is 33.9 Å². The standard InChI is InChI=1S/C14H18O4/c1-6-4-9-12(14(18)8(3)13(9)17)7(2)11(6)10(16)5-15/h4,8,10,13,15-17H,5H2,1-3H3. The number of hydrogen-bond donors (Lipinski definition) is 3. The highest BCUT2D eigenvalue weighted by Gasteiger charge is 2.38. The molecule has 98 valence electrons. The zero-order valence-electron chi connectivity index (χ0n) is 10.8. The number of Topliss-reactive ketones (excluding diaryl/α,β-unsaturated/α-hetero) is 1. The summed E-state index contributed by atoms with van der Waals surface area (Å²) < 4.78 is 0. The fourth-order valence-electron chi connectivity index (χ4n) is 2.83. The van der Waals surface area contributed by atoms with Crippen molar-refractivity contribution >= 4 is 5.78 Å². The third kappa shape index (κ3) is 1.68. The number of ketones is 1. The van der Waals surface area contributed by atoms with Crippen LogP contribution >= 0.6 is 0 Å². The van der Waals surface area contributed by atoms with Crippen LogP contribution in [0.4, 0.5) is 0 Å². The molecule has 0 aromatic heterocycles. The average Bonchev–Trinajstić information content (AvgIpc) is 2.54. The highest BCUT2D eigenvalue weighted by atomic mass is 16.3. The van der Waals surface area contributed by atoms with Crippen molar-refractivity contribution in [2.24, 2.45) is 5.92 Å². The first kappa shape index (κ1) is 13.2. The normalized spacial score (nSPS) is 24.2. The van der Waals surface area contributed by atoms with E-state index in [9.17, 15) is 15.0 Å². The van der Waals surface area contributed by atoms with Crippen molar-refractivity contribution in [2.75, 3.05) is 6.61 Å². The Labute approximate surface area is 106 Å². The van der Waals surface area contributed by atoms with Crippen LogP contribution < -0.4 is 0 Å². The minimum atomic E-state index is -0.990. The Kier molecular flexibility index (Phi) is 3.27. The van der Waals surface area contributed by atoms with Gasteiger partial charge in [-0.15, -0.1) is 0 Å². The van der Waals surface area contributed by atoms with E-state index in [-0.39, 0.29) is 12.4 Å². The van der Waals surface area contributed by atoms with E-state index < -0.39 is 18.1 Å². The Hall–Kier alpha value is -1.23. The van der Waals surface area contributed by atoms with E-state index in [0.29, 0.717) is 22.3 Å². The van der Waals surface area contributed by atoms with Gasteiger partial charge in [-0.2, -0.15) is 0 Å². The predicted molar refractivity (Wildman–Crippen MR) is 66.4 cm³/mol. The Balaban J connectivity index is 2.69. The van der Waals surface area contributed by atoms with Gasteiger partial charge in [0.25, 0.3) is 0 Å². The van der Waals surface area contributed by atoms with E-state index >= 15 is 0 Å². The zero-order chi connectivity index (χ0) is 13.6. The van der Waals surface area contributed by atoms with Crippen LogP contribution in [0.2, 0.25) is 0 Å². The molecule has 0 saturated carbocycles. The second kappa shape index (κ2) is 4.46. The van der Waals surface area contributed by atoms with Gasteiger partial charge in [0, 0.05) is 11.5 Å². The van der Waals surface area contributed by atoms with Crippen molar-refractivity contribution in [1.82, 2.24) is 0 Å². The first-order valence-electron chi connectivity index (χ1n) is 6.05. The Morgan fingerprint density at radius 3 is 2.56 bits per heavy atom. The maximum atomic E-state index is 12.1. The maximum absolute atomic E-state index is 12.1. The van der Waals surface area contributed by atoms with Gasteiger partial charge in [-0.1, -0.05) is 13.0 Å². The second-order valence-electron chi connectivity index (χ2n) is 4.99. The topological polar surface area (TPSA) is 77.8 Å². The average molecular weight is 250 g/mol. The second-order valence-corrected chi connectivity index (χ2v) is 4.99. The van der Waals surface area contributed by atoms with Crippen LogP contribution in [0.3, 0.4) is 0 Å². The molecule has 0 radical (unpaired) electrons. The van der Waals surface area contributed by atoms with Crippen LogP contribution in [0, 0.1) is 19.8 Å². The van der Waals surface area contributed by atoms with E-state index in [0.717, 1.165) is 5.56 Å². The number of carbonyl (C=O) groups excluding carboxylic acids is 1. The number of rotatable bonds is 2. The Morgan fingerprint density at radius 1 is 1.39 bits per heavy atom. The van der Waals surface area contributed by atoms with E-state index in [2.05, 4.69) is 0 Å². The highest BCUT2D eigenvalue weighted by molar-refractivity contribution is 6.04. The molecule has 2 rings (SSSR count). The molecule has 3 atom stereocenters. The van der Waals surface area contributed by atoms with Gasteiger partial charge in [0.05, 0.1) is 12.7 Å². The molecular weight excluding hydrogens is 232 g/mol. The number of benzene rings is 1. The Morgan fingerprint density at radius 2 is 2.00 bits per heavy atom. The molecular formula is C14H18O4. The fraction of sp³-hybridized carbons (Fsp3) is 0.500. The van der Waals surface area contributed by atoms with Crippen LogP contribution in [-0.4, -0.2) is 27.7 Å². The van der Waals surface area contributed by atoms with Gasteiger partial charge >= 0.3 is 0 Å². The Bertz CT molecular complexity index is 507. The third-order valence-corrected chi connectivity index (χ3v) is 3.82. The smallest absolute Gasteiger partial charge is 0.169 e. The molecule has 0 aliphatic heterocycles. The van der Waals surface area contributed by atoms with E-state index in [4.69, 9.17) is 5.11 Å². The first-order chi connectivity index (χ1) is 8.40. The summed E-state index contributed by atoms with van der Waals surface area (Å²) in [7, 11) is 0. The van der Waals surface area contributed by atoms with Gasteiger partial charge in [-0.3, -0.25) is 4.79 Å². The van der Waals surface area contributed by atoms with Gasteiger partial charge < -0.3 is 15.3 Å². The van der Waals surface area contributed by atoms with Crippen LogP contribution in [0.15, 0.2) is 6.07 Å². The molecule has 0 amide bonds. The molecule has 0 bridgehead atoms. The number of carbonyl (C=O) groups is 1. The predicted octanol–water partition coefficient (Wildman–Crippen LogP) is 1.19. The quantitative estimate of drug-likeness (QED) is 0.737. The maximum Gasteiger partial charge on any atom is 0.169 e. The lowest BCUT2D eigenvalue weighted by atomic mass is 9.91. The number of aryl methyl sites for hydroxylation is 1. The van der Waals surface area contributed by atoms with Gasteiger partial charge in [-0.25, -0.2) is 0 Å². The van der Waals surface area contributed by atoms with Gasteiger partial charge in [0.2, 0.25) is 0 Å². The summed E-state index contributed by atoms with van der Waals surface area (Å²) >= 11 is 0. The summed E-state index contributed by atoms with van der Waals surface area (Å²) in [6.07, 6.45) is -1.76. The fourth-order valence-corrected chi connectivity index (χ4v) is 2.83. The summed E-state index contributed by atoms with van der Waals surface area (Å²) in [6.45, 7) is 4.88. The third-order valence-electron chi connectivity index (χ3n) is 3.82. The number of aliphatic hydroxyl groups excluding tert-OH is 3. The van der Waals surface area contributed by atoms with Crippen LogP contribution in [0.25, 0.3) is 0 Å². The van der Waals surface area contributed by atoms with E-state index in [1.54, 1.807) is 19.9 Å². The lowest BCUT2D eigenvalue weighted by Crippen LogP contribution is -2.11. The van der Waals surface area contributed by atoms with Crippen molar-refractivity contribution in [3.8, 4) is 0 Å². The molecule has 0 fully saturated rings. The zero-order valence-corrected chi connectivity index (χ0v) is 10.8. The summed E-state index contributed by atoms with van der Waals surface area (Å²) in [6, 6.07) is 1.74. The largest absolute Gasteiger partial charge is 0.393 e. The van der Waals surface area contributed by atoms with Crippen molar-refractivity contribution in [1.29, 1.82) is 0 Å². The monoisotopic (exact) mass is 250 g/mol. The molecule has 3 N–H and O–H groups in total. The summed E-state index contributed by atoms with van der Waals surface area (Å²) in [5.74, 6) is -0.541. The number of aliphatic hydroxyl groups is 3. The number of fused-ring (bicyclic) bond motifs is 1. The van der Waals surface area contributed by atoms with Gasteiger partial charge in [0.1, 0.15) is 6.10 Å². The van der Waals surface area contributed by atoms with Crippen molar-refractivity contribution in [2.45, 2.75) is 33.0 Å². The lowest BCUT2D eigenvalue weighted by Gasteiger charge is -2.18. The molecule has 4 nitrogen and oxygen atoms in total. The minimum Gasteiger partial charge on any atom is -0.393 e. The highest BCUT2D eigenvalue weighted by Crippen LogP contribution is 2.40. The lowest BCUT2D eigenvalue weighted by molar-refractivity contribution is 0.0790. The summed E-state index contributed by atoms with van der Waals surface area (Å²) in [4.78, 5) is 12.1. The van der Waals surface area contributed by atoms with Crippen LogP contribution in [-0.2, 0) is 0 Å². The van der Waals surface area contributed by atoms with E-state index in [1.807, 2.05) is 6.92 Å². The van der Waals surface area contributed by atoms with Gasteiger partial charge in [0.15, 0.2) is 5.78 Å². The summed E-state index contributed by atoms with van der Waals surface area (Å²) in [5, 5.41) is 28.9. The van der Waals surface area contributed by atoms with Gasteiger partial charge in [-0.05, 0) is 36.1 Å². The molecule has 0 saturated heterocycles. The molecule has 1 aromatic rings. The molecule has 1 aromatic carbocycles. The molecule has 18 heavy (non-hydrogen) atoms. The molecule has 0 heterocycles. The van der Waals surface area contributed by atoms with E-state index in [1.165, 1.54) is 0 Å². The molecule has 1 aliphatic carbocycles.